The molecule has 0 aliphatic carbocycles. The first-order valence-electron chi connectivity index (χ1n) is 7.23. The number of ketones is 1. The molecule has 0 amide bonds. The summed E-state index contributed by atoms with van der Waals surface area (Å²) in [5, 5.41) is 3.22. The molecule has 0 saturated carbocycles. The number of halogens is 3. The molecule has 0 radical (unpaired) electrons. The van der Waals surface area contributed by atoms with Crippen LogP contribution in [0.2, 0.25) is 0 Å². The molecular formula is C16H20F3NO. The van der Waals surface area contributed by atoms with Gasteiger partial charge in [0.25, 0.3) is 0 Å². The van der Waals surface area contributed by atoms with Crippen molar-refractivity contribution < 1.29 is 18.0 Å². The van der Waals surface area contributed by atoms with Gasteiger partial charge in [0, 0.05) is 11.0 Å². The van der Waals surface area contributed by atoms with E-state index in [1.54, 1.807) is 6.92 Å². The van der Waals surface area contributed by atoms with Crippen LogP contribution in [0.1, 0.15) is 47.7 Å². The molecule has 2 rings (SSSR count). The topological polar surface area (TPSA) is 29.1 Å². The van der Waals surface area contributed by atoms with E-state index in [2.05, 4.69) is 5.32 Å². The number of alkyl halides is 3. The SMILES string of the molecule is CCC1(C(=O)c2ccc(C(F)(F)F)cc2C)CCNCC1. The summed E-state index contributed by atoms with van der Waals surface area (Å²) in [4.78, 5) is 12.8. The maximum Gasteiger partial charge on any atom is 0.416 e. The molecule has 1 aliphatic rings. The molecule has 21 heavy (non-hydrogen) atoms. The molecule has 1 aromatic rings. The highest BCUT2D eigenvalue weighted by Gasteiger charge is 2.39. The smallest absolute Gasteiger partial charge is 0.317 e. The van der Waals surface area contributed by atoms with Gasteiger partial charge in [0.1, 0.15) is 0 Å². The molecule has 1 aliphatic heterocycles. The lowest BCUT2D eigenvalue weighted by molar-refractivity contribution is -0.137. The van der Waals surface area contributed by atoms with Crippen LogP contribution in [-0.4, -0.2) is 18.9 Å². The number of carbonyl (C=O) groups is 1. The number of carbonyl (C=O) groups excluding carboxylic acids is 1. The number of Topliss-reactive ketones (excluding diaryl/α,β-unsaturated/α-hetero) is 1. The third-order valence-corrected chi connectivity index (χ3v) is 4.52. The standard InChI is InChI=1S/C16H20F3NO/c1-3-15(6-8-20-9-7-15)14(21)13-5-4-12(10-11(13)2)16(17,18)19/h4-5,10,20H,3,6-9H2,1-2H3. The maximum atomic E-state index is 12.8. The first-order chi connectivity index (χ1) is 9.80. The Labute approximate surface area is 122 Å². The minimum absolute atomic E-state index is 0.0160. The zero-order valence-corrected chi connectivity index (χ0v) is 12.3. The summed E-state index contributed by atoms with van der Waals surface area (Å²) in [6, 6.07) is 3.41. The zero-order chi connectivity index (χ0) is 15.7. The highest BCUT2D eigenvalue weighted by Crippen LogP contribution is 2.38. The van der Waals surface area contributed by atoms with Crippen molar-refractivity contribution in [1.29, 1.82) is 0 Å². The average Bonchev–Trinajstić information content (AvgIpc) is 2.46. The van der Waals surface area contributed by atoms with E-state index in [0.29, 0.717) is 17.5 Å². The summed E-state index contributed by atoms with van der Waals surface area (Å²) < 4.78 is 38.1. The molecular weight excluding hydrogens is 279 g/mol. The molecule has 0 atom stereocenters. The fraction of sp³-hybridized carbons (Fsp3) is 0.562. The molecule has 1 N–H and O–H groups in total. The minimum Gasteiger partial charge on any atom is -0.317 e. The van der Waals surface area contributed by atoms with Gasteiger partial charge in [0.2, 0.25) is 0 Å². The van der Waals surface area contributed by atoms with Gasteiger partial charge < -0.3 is 5.32 Å². The van der Waals surface area contributed by atoms with Gasteiger partial charge in [-0.3, -0.25) is 4.79 Å². The van der Waals surface area contributed by atoms with Gasteiger partial charge in [0.05, 0.1) is 5.56 Å². The number of aryl methyl sites for hydroxylation is 1. The van der Waals surface area contributed by atoms with Crippen molar-refractivity contribution in [2.75, 3.05) is 13.1 Å². The van der Waals surface area contributed by atoms with Crippen LogP contribution < -0.4 is 5.32 Å². The van der Waals surface area contributed by atoms with Gasteiger partial charge in [-0.25, -0.2) is 0 Å². The Kier molecular flexibility index (Phi) is 4.42. The number of benzene rings is 1. The number of hydrogen-bond acceptors (Lipinski definition) is 2. The Morgan fingerprint density at radius 3 is 2.38 bits per heavy atom. The Morgan fingerprint density at radius 1 is 1.29 bits per heavy atom. The molecule has 5 heteroatoms. The summed E-state index contributed by atoms with van der Waals surface area (Å²) in [6.45, 7) is 5.11. The lowest BCUT2D eigenvalue weighted by Gasteiger charge is -2.35. The number of rotatable bonds is 3. The first-order valence-corrected chi connectivity index (χ1v) is 7.23. The molecule has 1 aromatic carbocycles. The predicted octanol–water partition coefficient (Wildman–Crippen LogP) is 3.98. The van der Waals surface area contributed by atoms with Crippen LogP contribution >= 0.6 is 0 Å². The average molecular weight is 299 g/mol. The Balaban J connectivity index is 2.35. The van der Waals surface area contributed by atoms with Crippen LogP contribution in [0.3, 0.4) is 0 Å². The number of nitrogens with one attached hydrogen (secondary N) is 1. The summed E-state index contributed by atoms with van der Waals surface area (Å²) in [5.41, 5.74) is -0.309. The molecule has 1 heterocycles. The quantitative estimate of drug-likeness (QED) is 0.855. The summed E-state index contributed by atoms with van der Waals surface area (Å²) in [5.74, 6) is -0.0160. The van der Waals surface area contributed by atoms with Crippen molar-refractivity contribution in [3.63, 3.8) is 0 Å². The van der Waals surface area contributed by atoms with Gasteiger partial charge in [-0.05, 0) is 57.0 Å². The van der Waals surface area contributed by atoms with E-state index < -0.39 is 17.2 Å². The zero-order valence-electron chi connectivity index (χ0n) is 12.3. The van der Waals surface area contributed by atoms with Crippen molar-refractivity contribution in [1.82, 2.24) is 5.32 Å². The van der Waals surface area contributed by atoms with Crippen molar-refractivity contribution >= 4 is 5.78 Å². The largest absolute Gasteiger partial charge is 0.416 e. The van der Waals surface area contributed by atoms with Gasteiger partial charge in [-0.15, -0.1) is 0 Å². The highest BCUT2D eigenvalue weighted by atomic mass is 19.4. The van der Waals surface area contributed by atoms with E-state index in [1.807, 2.05) is 6.92 Å². The summed E-state index contributed by atoms with van der Waals surface area (Å²) in [6.07, 6.45) is -2.18. The van der Waals surface area contributed by atoms with E-state index >= 15 is 0 Å². The highest BCUT2D eigenvalue weighted by molar-refractivity contribution is 6.01. The van der Waals surface area contributed by atoms with E-state index in [4.69, 9.17) is 0 Å². The van der Waals surface area contributed by atoms with Crippen LogP contribution in [0.25, 0.3) is 0 Å². The second-order valence-electron chi connectivity index (χ2n) is 5.74. The Bertz CT molecular complexity index is 531. The summed E-state index contributed by atoms with van der Waals surface area (Å²) in [7, 11) is 0. The van der Waals surface area contributed by atoms with Crippen molar-refractivity contribution in [3.05, 3.63) is 34.9 Å². The van der Waals surface area contributed by atoms with E-state index in [0.717, 1.165) is 38.1 Å². The van der Waals surface area contributed by atoms with Crippen LogP contribution in [-0.2, 0) is 6.18 Å². The lowest BCUT2D eigenvalue weighted by Crippen LogP contribution is -2.42. The van der Waals surface area contributed by atoms with Gasteiger partial charge in [0.15, 0.2) is 5.78 Å². The van der Waals surface area contributed by atoms with E-state index in [9.17, 15) is 18.0 Å². The summed E-state index contributed by atoms with van der Waals surface area (Å²) >= 11 is 0. The Hall–Kier alpha value is -1.36. The molecule has 0 bridgehead atoms. The van der Waals surface area contributed by atoms with Crippen molar-refractivity contribution in [2.45, 2.75) is 39.3 Å². The predicted molar refractivity (Wildman–Crippen MR) is 75.3 cm³/mol. The molecule has 1 fully saturated rings. The maximum absolute atomic E-state index is 12.8. The molecule has 1 saturated heterocycles. The molecule has 0 spiro atoms. The van der Waals surface area contributed by atoms with Gasteiger partial charge in [-0.1, -0.05) is 13.0 Å². The van der Waals surface area contributed by atoms with Crippen LogP contribution in [0.4, 0.5) is 13.2 Å². The third kappa shape index (κ3) is 3.12. The van der Waals surface area contributed by atoms with Gasteiger partial charge in [-0.2, -0.15) is 13.2 Å². The second-order valence-corrected chi connectivity index (χ2v) is 5.74. The van der Waals surface area contributed by atoms with E-state index in [-0.39, 0.29) is 5.78 Å². The molecule has 2 nitrogen and oxygen atoms in total. The van der Waals surface area contributed by atoms with Gasteiger partial charge >= 0.3 is 6.18 Å². The van der Waals surface area contributed by atoms with Crippen molar-refractivity contribution in [3.8, 4) is 0 Å². The van der Waals surface area contributed by atoms with Crippen LogP contribution in [0.5, 0.6) is 0 Å². The van der Waals surface area contributed by atoms with Crippen LogP contribution in [0.15, 0.2) is 18.2 Å². The van der Waals surface area contributed by atoms with E-state index in [1.165, 1.54) is 6.07 Å². The third-order valence-electron chi connectivity index (χ3n) is 4.52. The second kappa shape index (κ2) is 5.79. The molecule has 0 unspecified atom stereocenters. The van der Waals surface area contributed by atoms with Crippen LogP contribution in [0, 0.1) is 12.3 Å². The minimum atomic E-state index is -4.37. The fourth-order valence-corrected chi connectivity index (χ4v) is 3.03. The van der Waals surface area contributed by atoms with Crippen molar-refractivity contribution in [2.24, 2.45) is 5.41 Å². The fourth-order valence-electron chi connectivity index (χ4n) is 3.03. The monoisotopic (exact) mass is 299 g/mol. The normalized spacial score (nSPS) is 18.5. The molecule has 0 aromatic heterocycles. The molecule has 116 valence electrons. The lowest BCUT2D eigenvalue weighted by atomic mass is 9.70. The Morgan fingerprint density at radius 2 is 1.90 bits per heavy atom. The first kappa shape index (κ1) is 16.0. The number of piperidine rings is 1. The number of hydrogen-bond donors (Lipinski definition) is 1.